The molecule has 0 spiro atoms. The number of benzene rings is 3. The van der Waals surface area contributed by atoms with Gasteiger partial charge in [-0.15, -0.1) is 0 Å². The standard InChI is InChI=1S/C27H29N3O4/c1-20(15-26(31)29-25(17-28)19-33-18-21-7-3-2-4-8-21)13-14-34-27(32)30-24-12-11-22-9-5-6-10-23(22)16-24/h2-12,16,20,25H,13-15,18-19H2,1H3,(H,29,31)(H,30,32). The van der Waals surface area contributed by atoms with Crippen LogP contribution in [0.4, 0.5) is 10.5 Å². The second kappa shape index (κ2) is 13.0. The van der Waals surface area contributed by atoms with Crippen molar-refractivity contribution in [3.8, 4) is 6.07 Å². The van der Waals surface area contributed by atoms with Gasteiger partial charge in [0.2, 0.25) is 5.91 Å². The molecule has 0 aromatic heterocycles. The normalized spacial score (nSPS) is 12.4. The summed E-state index contributed by atoms with van der Waals surface area (Å²) in [4.78, 5) is 24.3. The summed E-state index contributed by atoms with van der Waals surface area (Å²) in [6, 6.07) is 24.5. The van der Waals surface area contributed by atoms with Gasteiger partial charge in [-0.25, -0.2) is 4.79 Å². The van der Waals surface area contributed by atoms with Gasteiger partial charge in [-0.05, 0) is 40.8 Å². The first kappa shape index (κ1) is 24.7. The van der Waals surface area contributed by atoms with E-state index in [2.05, 4.69) is 16.7 Å². The Morgan fingerprint density at radius 2 is 1.74 bits per heavy atom. The van der Waals surface area contributed by atoms with Crippen molar-refractivity contribution in [2.45, 2.75) is 32.4 Å². The van der Waals surface area contributed by atoms with Crippen LogP contribution in [0, 0.1) is 17.2 Å². The van der Waals surface area contributed by atoms with Gasteiger partial charge in [0.15, 0.2) is 0 Å². The molecule has 34 heavy (non-hydrogen) atoms. The van der Waals surface area contributed by atoms with Crippen molar-refractivity contribution >= 4 is 28.5 Å². The largest absolute Gasteiger partial charge is 0.449 e. The summed E-state index contributed by atoms with van der Waals surface area (Å²) in [5.74, 6) is -0.249. The van der Waals surface area contributed by atoms with Crippen LogP contribution in [0.15, 0.2) is 72.8 Å². The minimum Gasteiger partial charge on any atom is -0.449 e. The Morgan fingerprint density at radius 1 is 1.00 bits per heavy atom. The van der Waals surface area contributed by atoms with Gasteiger partial charge in [-0.1, -0.05) is 67.6 Å². The maximum atomic E-state index is 12.3. The molecule has 0 aliphatic rings. The first-order chi connectivity index (χ1) is 16.5. The Bertz CT molecular complexity index is 1130. The number of carbonyl (C=O) groups is 2. The van der Waals surface area contributed by atoms with Crippen LogP contribution < -0.4 is 10.6 Å². The van der Waals surface area contributed by atoms with Crippen molar-refractivity contribution in [3.63, 3.8) is 0 Å². The summed E-state index contributed by atoms with van der Waals surface area (Å²) in [6.45, 7) is 2.58. The van der Waals surface area contributed by atoms with E-state index in [1.165, 1.54) is 0 Å². The maximum absolute atomic E-state index is 12.3. The quantitative estimate of drug-likeness (QED) is 0.419. The third kappa shape index (κ3) is 8.23. The fourth-order valence-corrected chi connectivity index (χ4v) is 3.43. The molecule has 0 saturated carbocycles. The van der Waals surface area contributed by atoms with Gasteiger partial charge in [-0.2, -0.15) is 5.26 Å². The number of nitrogens with zero attached hydrogens (tertiary/aromatic N) is 1. The zero-order chi connectivity index (χ0) is 24.2. The van der Waals surface area contributed by atoms with E-state index in [-0.39, 0.29) is 31.5 Å². The molecule has 7 nitrogen and oxygen atoms in total. The molecule has 0 radical (unpaired) electrons. The Hall–Kier alpha value is -3.89. The van der Waals surface area contributed by atoms with Crippen LogP contribution in [0.2, 0.25) is 0 Å². The average molecular weight is 460 g/mol. The Morgan fingerprint density at radius 3 is 2.50 bits per heavy atom. The number of amides is 2. The van der Waals surface area contributed by atoms with Crippen LogP contribution in [-0.2, 0) is 20.9 Å². The zero-order valence-electron chi connectivity index (χ0n) is 19.2. The highest BCUT2D eigenvalue weighted by Crippen LogP contribution is 2.19. The van der Waals surface area contributed by atoms with Crippen molar-refractivity contribution < 1.29 is 19.1 Å². The third-order valence-electron chi connectivity index (χ3n) is 5.26. The van der Waals surface area contributed by atoms with E-state index >= 15 is 0 Å². The van der Waals surface area contributed by atoms with Gasteiger partial charge in [-0.3, -0.25) is 10.1 Å². The fraction of sp³-hybridized carbons (Fsp3) is 0.296. The van der Waals surface area contributed by atoms with Gasteiger partial charge in [0.1, 0.15) is 6.04 Å². The lowest BCUT2D eigenvalue weighted by Crippen LogP contribution is -2.37. The molecule has 0 saturated heterocycles. The maximum Gasteiger partial charge on any atom is 0.411 e. The minimum atomic E-state index is -0.715. The van der Waals surface area contributed by atoms with Crippen LogP contribution in [0.5, 0.6) is 0 Å². The smallest absolute Gasteiger partial charge is 0.411 e. The number of ether oxygens (including phenoxy) is 2. The molecule has 2 unspecified atom stereocenters. The summed E-state index contributed by atoms with van der Waals surface area (Å²) in [6.07, 6.45) is 0.222. The number of hydrogen-bond donors (Lipinski definition) is 2. The number of nitrogens with one attached hydrogen (secondary N) is 2. The van der Waals surface area contributed by atoms with Crippen molar-refractivity contribution in [1.82, 2.24) is 5.32 Å². The minimum absolute atomic E-state index is 0.0157. The molecule has 0 aliphatic carbocycles. The zero-order valence-corrected chi connectivity index (χ0v) is 19.2. The topological polar surface area (TPSA) is 100 Å². The summed E-state index contributed by atoms with van der Waals surface area (Å²) >= 11 is 0. The molecule has 2 amide bonds. The van der Waals surface area contributed by atoms with Crippen LogP contribution in [0.25, 0.3) is 10.8 Å². The molecule has 2 N–H and O–H groups in total. The molecule has 0 aliphatic heterocycles. The highest BCUT2D eigenvalue weighted by Gasteiger charge is 2.15. The number of hydrogen-bond acceptors (Lipinski definition) is 5. The lowest BCUT2D eigenvalue weighted by Gasteiger charge is -2.15. The SMILES string of the molecule is CC(CCOC(=O)Nc1ccc2ccccc2c1)CC(=O)NC(C#N)COCc1ccccc1. The summed E-state index contributed by atoms with van der Waals surface area (Å²) in [5, 5.41) is 16.8. The first-order valence-electron chi connectivity index (χ1n) is 11.3. The average Bonchev–Trinajstić information content (AvgIpc) is 2.84. The van der Waals surface area contributed by atoms with E-state index < -0.39 is 12.1 Å². The molecule has 176 valence electrons. The highest BCUT2D eigenvalue weighted by atomic mass is 16.5. The van der Waals surface area contributed by atoms with Crippen LogP contribution in [0.1, 0.15) is 25.3 Å². The van der Waals surface area contributed by atoms with Crippen molar-refractivity contribution in [1.29, 1.82) is 5.26 Å². The summed E-state index contributed by atoms with van der Waals surface area (Å²) in [7, 11) is 0. The van der Waals surface area contributed by atoms with E-state index in [0.29, 0.717) is 18.7 Å². The first-order valence-corrected chi connectivity index (χ1v) is 11.3. The fourth-order valence-electron chi connectivity index (χ4n) is 3.43. The molecule has 3 aromatic carbocycles. The van der Waals surface area contributed by atoms with E-state index in [9.17, 15) is 14.9 Å². The van der Waals surface area contributed by atoms with Gasteiger partial charge >= 0.3 is 6.09 Å². The molecule has 0 heterocycles. The Balaban J connectivity index is 1.32. The lowest BCUT2D eigenvalue weighted by atomic mass is 10.0. The summed E-state index contributed by atoms with van der Waals surface area (Å²) in [5.41, 5.74) is 1.66. The molecule has 3 aromatic rings. The predicted octanol–water partition coefficient (Wildman–Crippen LogP) is 5.03. The van der Waals surface area contributed by atoms with Crippen molar-refractivity contribution in [2.24, 2.45) is 5.92 Å². The predicted molar refractivity (Wildman–Crippen MR) is 131 cm³/mol. The second-order valence-corrected chi connectivity index (χ2v) is 8.17. The lowest BCUT2D eigenvalue weighted by molar-refractivity contribution is -0.122. The molecule has 3 rings (SSSR count). The Kier molecular flexibility index (Phi) is 9.44. The van der Waals surface area contributed by atoms with Crippen molar-refractivity contribution in [3.05, 3.63) is 78.4 Å². The van der Waals surface area contributed by atoms with E-state index in [1.807, 2.05) is 79.7 Å². The Labute approximate surface area is 199 Å². The van der Waals surface area contributed by atoms with E-state index in [0.717, 1.165) is 16.3 Å². The highest BCUT2D eigenvalue weighted by molar-refractivity contribution is 5.91. The molecule has 0 bridgehead atoms. The van der Waals surface area contributed by atoms with Crippen LogP contribution in [-0.4, -0.2) is 31.3 Å². The third-order valence-corrected chi connectivity index (χ3v) is 5.26. The molecular weight excluding hydrogens is 430 g/mol. The number of rotatable bonds is 11. The second-order valence-electron chi connectivity index (χ2n) is 8.17. The molecule has 7 heteroatoms. The van der Waals surface area contributed by atoms with Crippen molar-refractivity contribution in [2.75, 3.05) is 18.5 Å². The molecule has 0 fully saturated rings. The van der Waals surface area contributed by atoms with Gasteiger partial charge in [0.25, 0.3) is 0 Å². The van der Waals surface area contributed by atoms with Gasteiger partial charge in [0, 0.05) is 12.1 Å². The number of nitriles is 1. The molecular formula is C27H29N3O4. The number of anilines is 1. The van der Waals surface area contributed by atoms with Crippen LogP contribution in [0.3, 0.4) is 0 Å². The van der Waals surface area contributed by atoms with Crippen LogP contribution >= 0.6 is 0 Å². The monoisotopic (exact) mass is 459 g/mol. The van der Waals surface area contributed by atoms with E-state index in [4.69, 9.17) is 9.47 Å². The summed E-state index contributed by atoms with van der Waals surface area (Å²) < 4.78 is 10.8. The number of fused-ring (bicyclic) bond motifs is 1. The van der Waals surface area contributed by atoms with Gasteiger partial charge in [0.05, 0.1) is 25.9 Å². The molecule has 2 atom stereocenters. The number of carbonyl (C=O) groups excluding carboxylic acids is 2. The van der Waals surface area contributed by atoms with Gasteiger partial charge < -0.3 is 14.8 Å². The van der Waals surface area contributed by atoms with E-state index in [1.54, 1.807) is 0 Å².